The molecule has 0 aliphatic carbocycles. The number of amides is 1. The Morgan fingerprint density at radius 3 is 2.15 bits per heavy atom. The highest BCUT2D eigenvalue weighted by atomic mass is 35.5. The fourth-order valence-corrected chi connectivity index (χ4v) is 3.69. The zero-order valence-corrected chi connectivity index (χ0v) is 19.7. The first-order valence-corrected chi connectivity index (χ1v) is 12.1. The van der Waals surface area contributed by atoms with Crippen LogP contribution in [0, 0.1) is 0 Å². The predicted molar refractivity (Wildman–Crippen MR) is 130 cm³/mol. The molecule has 0 fully saturated rings. The second-order valence-corrected chi connectivity index (χ2v) is 7.96. The summed E-state index contributed by atoms with van der Waals surface area (Å²) in [5, 5.41) is 2.71. The van der Waals surface area contributed by atoms with Gasteiger partial charge < -0.3 is 29.2 Å². The summed E-state index contributed by atoms with van der Waals surface area (Å²) in [6, 6.07) is 15.7. The molecule has 0 saturated carbocycles. The number of hydrogen-bond donors (Lipinski definition) is 1. The smallest absolute Gasteiger partial charge is 0.407 e. The number of carbonyl (C=O) groups is 1. The summed E-state index contributed by atoms with van der Waals surface area (Å²) in [6.45, 7) is 3.38. The lowest BCUT2D eigenvalue weighted by atomic mass is 10.1. The van der Waals surface area contributed by atoms with Crippen LogP contribution in [-0.4, -0.2) is 58.1 Å². The quantitative estimate of drug-likeness (QED) is 0.271. The highest BCUT2D eigenvalue weighted by molar-refractivity contribution is 6.17. The lowest BCUT2D eigenvalue weighted by molar-refractivity contribution is 0.0469. The average Bonchev–Trinajstić information content (AvgIpc) is 2.84. The highest BCUT2D eigenvalue weighted by Gasteiger charge is 2.23. The number of ether oxygens (including phenoxy) is 4. The number of benzene rings is 2. The zero-order chi connectivity index (χ0) is 23.1. The van der Waals surface area contributed by atoms with Gasteiger partial charge in [0, 0.05) is 19.0 Å². The van der Waals surface area contributed by atoms with E-state index in [0.717, 1.165) is 61.0 Å². The molecule has 2 aromatic carbocycles. The second kappa shape index (κ2) is 14.6. The molecule has 0 aromatic heterocycles. The van der Waals surface area contributed by atoms with Gasteiger partial charge >= 0.3 is 6.09 Å². The number of alkyl carbamates (subject to hydrolysis) is 1. The Balaban J connectivity index is 1.26. The fraction of sp³-hybridized carbons (Fsp3) is 0.480. The van der Waals surface area contributed by atoms with Crippen molar-refractivity contribution in [3.8, 4) is 11.5 Å². The third kappa shape index (κ3) is 8.42. The van der Waals surface area contributed by atoms with Gasteiger partial charge in [-0.25, -0.2) is 4.79 Å². The van der Waals surface area contributed by atoms with Crippen molar-refractivity contribution < 1.29 is 23.7 Å². The van der Waals surface area contributed by atoms with E-state index in [2.05, 4.69) is 10.2 Å². The minimum Gasteiger partial charge on any atom is -0.453 e. The van der Waals surface area contributed by atoms with Gasteiger partial charge in [-0.15, -0.1) is 11.6 Å². The van der Waals surface area contributed by atoms with E-state index in [-0.39, 0.29) is 6.61 Å². The van der Waals surface area contributed by atoms with Crippen molar-refractivity contribution in [3.63, 3.8) is 0 Å². The van der Waals surface area contributed by atoms with E-state index in [1.165, 1.54) is 0 Å². The van der Waals surface area contributed by atoms with E-state index < -0.39 is 6.09 Å². The Kier molecular flexibility index (Phi) is 11.1. The van der Waals surface area contributed by atoms with Crippen LogP contribution in [0.15, 0.2) is 48.5 Å². The molecule has 0 radical (unpaired) electrons. The van der Waals surface area contributed by atoms with Gasteiger partial charge in [-0.3, -0.25) is 0 Å². The Morgan fingerprint density at radius 1 is 0.818 bits per heavy atom. The number of carbonyl (C=O) groups excluding carboxylic acids is 1. The molecule has 1 aliphatic rings. The molecule has 7 nitrogen and oxygen atoms in total. The molecule has 0 atom stereocenters. The van der Waals surface area contributed by atoms with Crippen LogP contribution in [0.1, 0.15) is 25.7 Å². The normalized spacial score (nSPS) is 12.0. The molecular weight excluding hydrogens is 444 g/mol. The van der Waals surface area contributed by atoms with Gasteiger partial charge in [-0.2, -0.15) is 0 Å². The molecule has 3 rings (SSSR count). The summed E-state index contributed by atoms with van der Waals surface area (Å²) in [7, 11) is 0. The molecule has 0 spiro atoms. The SMILES string of the molecule is O=C(NCCOCCOCCCCCCCl)OCCN1c2ccccc2Oc2ccccc21. The van der Waals surface area contributed by atoms with Gasteiger partial charge in [0.2, 0.25) is 0 Å². The van der Waals surface area contributed by atoms with Gasteiger partial charge in [-0.05, 0) is 37.1 Å². The third-order valence-electron chi connectivity index (χ3n) is 5.14. The number of halogens is 1. The summed E-state index contributed by atoms with van der Waals surface area (Å²) in [4.78, 5) is 14.1. The largest absolute Gasteiger partial charge is 0.453 e. The van der Waals surface area contributed by atoms with Gasteiger partial charge in [-0.1, -0.05) is 37.1 Å². The number of hydrogen-bond acceptors (Lipinski definition) is 6. The van der Waals surface area contributed by atoms with Crippen molar-refractivity contribution in [3.05, 3.63) is 48.5 Å². The molecule has 0 saturated heterocycles. The monoisotopic (exact) mass is 476 g/mol. The van der Waals surface area contributed by atoms with Gasteiger partial charge in [0.15, 0.2) is 11.5 Å². The minimum absolute atomic E-state index is 0.244. The number of nitrogens with one attached hydrogen (secondary N) is 1. The highest BCUT2D eigenvalue weighted by Crippen LogP contribution is 2.45. The Labute approximate surface area is 200 Å². The molecule has 8 heteroatoms. The molecule has 0 bridgehead atoms. The van der Waals surface area contributed by atoms with E-state index in [4.69, 9.17) is 30.5 Å². The third-order valence-corrected chi connectivity index (χ3v) is 5.41. The van der Waals surface area contributed by atoms with Crippen LogP contribution in [0.25, 0.3) is 0 Å². The maximum absolute atomic E-state index is 12.0. The van der Waals surface area contributed by atoms with E-state index in [0.29, 0.717) is 32.9 Å². The van der Waals surface area contributed by atoms with Crippen LogP contribution in [0.4, 0.5) is 16.2 Å². The number of para-hydroxylation sites is 4. The van der Waals surface area contributed by atoms with Crippen LogP contribution >= 0.6 is 11.6 Å². The van der Waals surface area contributed by atoms with Crippen molar-refractivity contribution in [2.75, 3.05) is 56.9 Å². The minimum atomic E-state index is -0.457. The average molecular weight is 477 g/mol. The van der Waals surface area contributed by atoms with Gasteiger partial charge in [0.25, 0.3) is 0 Å². The lowest BCUT2D eigenvalue weighted by Gasteiger charge is -2.32. The van der Waals surface area contributed by atoms with Crippen LogP contribution in [-0.2, 0) is 14.2 Å². The van der Waals surface area contributed by atoms with Gasteiger partial charge in [0.05, 0.1) is 37.7 Å². The van der Waals surface area contributed by atoms with Crippen molar-refractivity contribution in [2.24, 2.45) is 0 Å². The number of fused-ring (bicyclic) bond motifs is 2. The van der Waals surface area contributed by atoms with Crippen LogP contribution in [0.2, 0.25) is 0 Å². The standard InChI is InChI=1S/C25H33ClN2O5/c26-13-7-1-2-8-16-30-19-20-31-17-14-27-25(29)32-18-15-28-21-9-3-5-11-23(21)33-24-12-6-4-10-22(24)28/h3-6,9-12H,1-2,7-8,13-20H2,(H,27,29). The van der Waals surface area contributed by atoms with E-state index in [1.807, 2.05) is 48.5 Å². The molecule has 1 heterocycles. The number of unbranched alkanes of at least 4 members (excludes halogenated alkanes) is 3. The maximum Gasteiger partial charge on any atom is 0.407 e. The Hall–Kier alpha value is -2.48. The summed E-state index contributed by atoms with van der Waals surface area (Å²) < 4.78 is 22.3. The summed E-state index contributed by atoms with van der Waals surface area (Å²) in [5.74, 6) is 2.30. The molecule has 1 N–H and O–H groups in total. The Bertz CT molecular complexity index is 806. The van der Waals surface area contributed by atoms with Crippen molar-refractivity contribution >= 4 is 29.1 Å². The Morgan fingerprint density at radius 2 is 1.45 bits per heavy atom. The van der Waals surface area contributed by atoms with E-state index in [9.17, 15) is 4.79 Å². The molecule has 2 aromatic rings. The topological polar surface area (TPSA) is 69.3 Å². The first-order valence-electron chi connectivity index (χ1n) is 11.5. The molecule has 0 unspecified atom stereocenters. The van der Waals surface area contributed by atoms with Crippen LogP contribution in [0.5, 0.6) is 11.5 Å². The molecular formula is C25H33ClN2O5. The predicted octanol–water partition coefficient (Wildman–Crippen LogP) is 5.49. The fourth-order valence-electron chi connectivity index (χ4n) is 3.50. The number of alkyl halides is 1. The summed E-state index contributed by atoms with van der Waals surface area (Å²) in [6.07, 6.45) is 3.95. The zero-order valence-electron chi connectivity index (χ0n) is 19.0. The maximum atomic E-state index is 12.0. The van der Waals surface area contributed by atoms with Gasteiger partial charge in [0.1, 0.15) is 6.61 Å². The number of nitrogens with zero attached hydrogens (tertiary/aromatic N) is 1. The summed E-state index contributed by atoms with van der Waals surface area (Å²) >= 11 is 5.65. The molecule has 1 amide bonds. The number of anilines is 2. The molecule has 1 aliphatic heterocycles. The van der Waals surface area contributed by atoms with E-state index in [1.54, 1.807) is 0 Å². The lowest BCUT2D eigenvalue weighted by Crippen LogP contribution is -2.31. The van der Waals surface area contributed by atoms with Crippen molar-refractivity contribution in [1.82, 2.24) is 5.32 Å². The summed E-state index contributed by atoms with van der Waals surface area (Å²) in [5.41, 5.74) is 1.90. The molecule has 33 heavy (non-hydrogen) atoms. The van der Waals surface area contributed by atoms with Crippen molar-refractivity contribution in [1.29, 1.82) is 0 Å². The second-order valence-electron chi connectivity index (χ2n) is 7.58. The van der Waals surface area contributed by atoms with Crippen molar-refractivity contribution in [2.45, 2.75) is 25.7 Å². The van der Waals surface area contributed by atoms with E-state index >= 15 is 0 Å². The van der Waals surface area contributed by atoms with Crippen LogP contribution in [0.3, 0.4) is 0 Å². The van der Waals surface area contributed by atoms with Crippen LogP contribution < -0.4 is 15.0 Å². The molecule has 180 valence electrons. The first-order chi connectivity index (χ1) is 16.3. The first kappa shape index (κ1) is 25.1. The number of rotatable bonds is 15.